The fraction of sp³-hybridized carbons (Fsp3) is 0.0800. The van der Waals surface area contributed by atoms with Crippen LogP contribution in [0.1, 0.15) is 0 Å². The third kappa shape index (κ3) is 4.20. The minimum absolute atomic E-state index is 0.375. The predicted octanol–water partition coefficient (Wildman–Crippen LogP) is 4.27. The number of nitrogens with zero attached hydrogens (tertiary/aromatic N) is 5. The molecule has 0 fully saturated rings. The molecule has 0 saturated heterocycles. The molecule has 1 aliphatic rings. The first-order valence-electron chi connectivity index (χ1n) is 10.9. The highest BCUT2D eigenvalue weighted by Crippen LogP contribution is 2.32. The van der Waals surface area contributed by atoms with Crippen LogP contribution < -0.4 is 20.1 Å². The molecule has 0 atom stereocenters. The van der Waals surface area contributed by atoms with Gasteiger partial charge in [-0.2, -0.15) is 9.61 Å². The van der Waals surface area contributed by atoms with Crippen LogP contribution in [0.5, 0.6) is 11.5 Å². The highest BCUT2D eigenvalue weighted by Gasteiger charge is 2.14. The van der Waals surface area contributed by atoms with Crippen molar-refractivity contribution < 1.29 is 14.3 Å². The van der Waals surface area contributed by atoms with E-state index in [0.717, 1.165) is 11.1 Å². The molecule has 0 radical (unpaired) electrons. The van der Waals surface area contributed by atoms with E-state index in [1.807, 2.05) is 48.5 Å². The average Bonchev–Trinajstić information content (AvgIpc) is 3.32. The highest BCUT2D eigenvalue weighted by atomic mass is 16.6. The van der Waals surface area contributed by atoms with Gasteiger partial charge >= 0.3 is 6.03 Å². The third-order valence-corrected chi connectivity index (χ3v) is 5.40. The number of rotatable bonds is 4. The Morgan fingerprint density at radius 2 is 1.66 bits per heavy atom. The SMILES string of the molecule is O=C(Nc1cccc(-c2ccc3nnc(-c4cccnc4)n3n2)c1)Nc1ccc2c(c1)OCCO2. The molecule has 2 aromatic carbocycles. The lowest BCUT2D eigenvalue weighted by Gasteiger charge is -2.19. The van der Waals surface area contributed by atoms with Gasteiger partial charge in [0.2, 0.25) is 0 Å². The van der Waals surface area contributed by atoms with Crippen LogP contribution in [0, 0.1) is 0 Å². The molecule has 4 heterocycles. The fourth-order valence-electron chi connectivity index (χ4n) is 3.79. The molecule has 0 saturated carbocycles. The van der Waals surface area contributed by atoms with Gasteiger partial charge in [-0.15, -0.1) is 10.2 Å². The normalized spacial score (nSPS) is 12.3. The first-order valence-corrected chi connectivity index (χ1v) is 10.9. The number of nitrogens with one attached hydrogen (secondary N) is 2. The Kier molecular flexibility index (Phi) is 5.15. The largest absolute Gasteiger partial charge is 0.486 e. The molecule has 2 N–H and O–H groups in total. The number of benzene rings is 2. The second kappa shape index (κ2) is 8.75. The van der Waals surface area contributed by atoms with Crippen molar-refractivity contribution >= 4 is 23.1 Å². The van der Waals surface area contributed by atoms with Crippen LogP contribution in [0.3, 0.4) is 0 Å². The molecular formula is C25H19N7O3. The zero-order valence-corrected chi connectivity index (χ0v) is 18.4. The van der Waals surface area contributed by atoms with Crippen LogP contribution in [0.25, 0.3) is 28.3 Å². The molecule has 0 aliphatic carbocycles. The maximum atomic E-state index is 12.6. The van der Waals surface area contributed by atoms with Crippen molar-refractivity contribution in [1.29, 1.82) is 0 Å². The van der Waals surface area contributed by atoms with E-state index in [1.165, 1.54) is 0 Å². The summed E-state index contributed by atoms with van der Waals surface area (Å²) >= 11 is 0. The highest BCUT2D eigenvalue weighted by molar-refractivity contribution is 6.00. The van der Waals surface area contributed by atoms with E-state index in [1.54, 1.807) is 35.1 Å². The molecule has 10 heteroatoms. The van der Waals surface area contributed by atoms with Crippen molar-refractivity contribution in [2.45, 2.75) is 0 Å². The molecule has 5 aromatic rings. The zero-order chi connectivity index (χ0) is 23.6. The molecule has 10 nitrogen and oxygen atoms in total. The number of aromatic nitrogens is 5. The number of urea groups is 1. The van der Waals surface area contributed by atoms with Crippen molar-refractivity contribution in [3.8, 4) is 34.1 Å². The van der Waals surface area contributed by atoms with Crippen LogP contribution in [-0.4, -0.2) is 44.0 Å². The Labute approximate surface area is 199 Å². The van der Waals surface area contributed by atoms with Crippen LogP contribution >= 0.6 is 0 Å². The number of fused-ring (bicyclic) bond motifs is 2. The maximum Gasteiger partial charge on any atom is 0.323 e. The van der Waals surface area contributed by atoms with Gasteiger partial charge in [0.1, 0.15) is 13.2 Å². The first-order chi connectivity index (χ1) is 17.2. The number of anilines is 2. The summed E-state index contributed by atoms with van der Waals surface area (Å²) in [6.45, 7) is 0.995. The van der Waals surface area contributed by atoms with Crippen LogP contribution in [-0.2, 0) is 0 Å². The van der Waals surface area contributed by atoms with E-state index >= 15 is 0 Å². The number of hydrogen-bond acceptors (Lipinski definition) is 7. The van der Waals surface area contributed by atoms with Crippen molar-refractivity contribution in [1.82, 2.24) is 24.8 Å². The summed E-state index contributed by atoms with van der Waals surface area (Å²) in [7, 11) is 0. The minimum atomic E-state index is -0.375. The molecule has 3 aromatic heterocycles. The van der Waals surface area contributed by atoms with Gasteiger partial charge in [-0.25, -0.2) is 4.79 Å². The molecule has 6 rings (SSSR count). The standard InChI is InChI=1S/C25H19N7O3/c33-25(28-19-6-8-21-22(14-19)35-12-11-34-21)27-18-5-1-3-16(13-18)20-7-9-23-29-30-24(32(23)31-20)17-4-2-10-26-15-17/h1-10,13-15H,11-12H2,(H2,27,28,33). The number of carbonyl (C=O) groups is 1. The van der Waals surface area contributed by atoms with Gasteiger partial charge in [0.05, 0.1) is 5.69 Å². The van der Waals surface area contributed by atoms with Gasteiger partial charge in [-0.3, -0.25) is 4.98 Å². The van der Waals surface area contributed by atoms with E-state index in [9.17, 15) is 4.79 Å². The Morgan fingerprint density at radius 1 is 0.829 bits per heavy atom. The van der Waals surface area contributed by atoms with Crippen molar-refractivity contribution in [2.75, 3.05) is 23.8 Å². The smallest absolute Gasteiger partial charge is 0.323 e. The van der Waals surface area contributed by atoms with Gasteiger partial charge in [-0.05, 0) is 48.5 Å². The van der Waals surface area contributed by atoms with E-state index < -0.39 is 0 Å². The van der Waals surface area contributed by atoms with Crippen molar-refractivity contribution in [3.63, 3.8) is 0 Å². The van der Waals surface area contributed by atoms with Crippen LogP contribution in [0.2, 0.25) is 0 Å². The molecule has 0 bridgehead atoms. The Morgan fingerprint density at radius 3 is 2.51 bits per heavy atom. The van der Waals surface area contributed by atoms with Gasteiger partial charge < -0.3 is 20.1 Å². The third-order valence-electron chi connectivity index (χ3n) is 5.40. The second-order valence-corrected chi connectivity index (χ2v) is 7.77. The lowest BCUT2D eigenvalue weighted by molar-refractivity contribution is 0.171. The summed E-state index contributed by atoms with van der Waals surface area (Å²) in [5.74, 6) is 1.87. The summed E-state index contributed by atoms with van der Waals surface area (Å²) in [4.78, 5) is 16.8. The lowest BCUT2D eigenvalue weighted by Crippen LogP contribution is -2.20. The van der Waals surface area contributed by atoms with Crippen molar-refractivity contribution in [2.24, 2.45) is 0 Å². The van der Waals surface area contributed by atoms with Gasteiger partial charge in [0, 0.05) is 41.0 Å². The van der Waals surface area contributed by atoms with E-state index in [0.29, 0.717) is 53.3 Å². The predicted molar refractivity (Wildman–Crippen MR) is 130 cm³/mol. The van der Waals surface area contributed by atoms with Gasteiger partial charge in [0.25, 0.3) is 0 Å². The summed E-state index contributed by atoms with van der Waals surface area (Å²) in [5.41, 5.74) is 4.20. The summed E-state index contributed by atoms with van der Waals surface area (Å²) in [6.07, 6.45) is 3.42. The number of carbonyl (C=O) groups excluding carboxylic acids is 1. The van der Waals surface area contributed by atoms with E-state index in [2.05, 4.69) is 25.8 Å². The molecule has 1 aliphatic heterocycles. The topological polar surface area (TPSA) is 116 Å². The summed E-state index contributed by atoms with van der Waals surface area (Å²) in [6, 6.07) is 19.8. The zero-order valence-electron chi connectivity index (χ0n) is 18.4. The molecule has 35 heavy (non-hydrogen) atoms. The number of pyridine rings is 1. The molecular weight excluding hydrogens is 446 g/mol. The molecule has 0 spiro atoms. The van der Waals surface area contributed by atoms with Gasteiger partial charge in [-0.1, -0.05) is 12.1 Å². The summed E-state index contributed by atoms with van der Waals surface area (Å²) < 4.78 is 12.8. The number of hydrogen-bond donors (Lipinski definition) is 2. The molecule has 2 amide bonds. The fourth-order valence-corrected chi connectivity index (χ4v) is 3.79. The molecule has 172 valence electrons. The Bertz CT molecular complexity index is 1540. The first kappa shape index (κ1) is 20.6. The molecule has 0 unspecified atom stereocenters. The minimum Gasteiger partial charge on any atom is -0.486 e. The Hall–Kier alpha value is -4.99. The number of ether oxygens (including phenoxy) is 2. The van der Waals surface area contributed by atoms with Crippen molar-refractivity contribution in [3.05, 3.63) is 79.1 Å². The van der Waals surface area contributed by atoms with Crippen LogP contribution in [0.15, 0.2) is 79.1 Å². The second-order valence-electron chi connectivity index (χ2n) is 7.77. The average molecular weight is 465 g/mol. The van der Waals surface area contributed by atoms with Crippen LogP contribution in [0.4, 0.5) is 16.2 Å². The Balaban J connectivity index is 1.22. The van der Waals surface area contributed by atoms with E-state index in [4.69, 9.17) is 14.6 Å². The monoisotopic (exact) mass is 465 g/mol. The maximum absolute atomic E-state index is 12.6. The quantitative estimate of drug-likeness (QED) is 0.407. The van der Waals surface area contributed by atoms with E-state index in [-0.39, 0.29) is 6.03 Å². The summed E-state index contributed by atoms with van der Waals surface area (Å²) in [5, 5.41) is 18.8. The lowest BCUT2D eigenvalue weighted by atomic mass is 10.1. The van der Waals surface area contributed by atoms with Gasteiger partial charge in [0.15, 0.2) is 23.0 Å². The number of amides is 2.